The summed E-state index contributed by atoms with van der Waals surface area (Å²) in [6.07, 6.45) is 3.05. The lowest BCUT2D eigenvalue weighted by molar-refractivity contribution is 0.0519. The molecule has 0 aromatic carbocycles. The third kappa shape index (κ3) is 6.95. The molecule has 0 saturated heterocycles. The maximum atomic E-state index is 11.1. The number of aliphatic hydroxyl groups is 1. The maximum Gasteiger partial charge on any atom is 0.356 e. The van der Waals surface area contributed by atoms with Crippen molar-refractivity contribution in [3.63, 3.8) is 0 Å². The standard InChI is InChI=1S/C8H8ClNO2.C8H10ClNO/c1-2-12-8(11)7-5-6(9)3-4-10-7;1-8(2,11)7-5-6(9)3-4-10-7/h3-5H,2H2,1H3;3-5,11H,1-2H3. The Morgan fingerprint density at radius 1 is 1.17 bits per heavy atom. The molecule has 0 saturated carbocycles. The zero-order valence-electron chi connectivity index (χ0n) is 13.1. The van der Waals surface area contributed by atoms with E-state index < -0.39 is 11.6 Å². The largest absolute Gasteiger partial charge is 0.461 e. The predicted octanol–water partition coefficient (Wildman–Crippen LogP) is 3.87. The lowest BCUT2D eigenvalue weighted by Gasteiger charge is -2.15. The molecule has 124 valence electrons. The molecule has 0 fully saturated rings. The quantitative estimate of drug-likeness (QED) is 0.844. The highest BCUT2D eigenvalue weighted by Gasteiger charge is 2.17. The third-order valence-electron chi connectivity index (χ3n) is 2.56. The lowest BCUT2D eigenvalue weighted by Crippen LogP contribution is -2.16. The Morgan fingerprint density at radius 3 is 2.17 bits per heavy atom. The van der Waals surface area contributed by atoms with E-state index >= 15 is 0 Å². The summed E-state index contributed by atoms with van der Waals surface area (Å²) in [5, 5.41) is 10.6. The van der Waals surface area contributed by atoms with Gasteiger partial charge in [0.15, 0.2) is 0 Å². The summed E-state index contributed by atoms with van der Waals surface area (Å²) in [6, 6.07) is 6.40. The minimum Gasteiger partial charge on any atom is -0.461 e. The minimum absolute atomic E-state index is 0.240. The summed E-state index contributed by atoms with van der Waals surface area (Å²) in [4.78, 5) is 18.8. The van der Waals surface area contributed by atoms with Gasteiger partial charge < -0.3 is 9.84 Å². The van der Waals surface area contributed by atoms with Gasteiger partial charge in [0.25, 0.3) is 0 Å². The second-order valence-electron chi connectivity index (χ2n) is 5.00. The molecule has 0 bridgehead atoms. The second kappa shape index (κ2) is 8.82. The van der Waals surface area contributed by atoms with Crippen LogP contribution in [0.1, 0.15) is 37.0 Å². The van der Waals surface area contributed by atoms with Crippen molar-refractivity contribution in [3.8, 4) is 0 Å². The number of nitrogens with zero attached hydrogens (tertiary/aromatic N) is 2. The first-order valence-electron chi connectivity index (χ1n) is 6.87. The molecular formula is C16H18Cl2N2O3. The van der Waals surface area contributed by atoms with E-state index in [0.717, 1.165) is 0 Å². The van der Waals surface area contributed by atoms with Gasteiger partial charge >= 0.3 is 5.97 Å². The molecule has 23 heavy (non-hydrogen) atoms. The number of ether oxygens (including phenoxy) is 1. The molecule has 5 nitrogen and oxygen atoms in total. The Labute approximate surface area is 145 Å². The molecule has 0 spiro atoms. The molecule has 7 heteroatoms. The zero-order chi connectivity index (χ0) is 17.5. The molecule has 0 atom stereocenters. The van der Waals surface area contributed by atoms with Crippen LogP contribution in [0, 0.1) is 0 Å². The van der Waals surface area contributed by atoms with Crippen LogP contribution in [0.2, 0.25) is 10.0 Å². The summed E-state index contributed by atoms with van der Waals surface area (Å²) in [5.74, 6) is -0.444. The van der Waals surface area contributed by atoms with Crippen LogP contribution in [0.3, 0.4) is 0 Å². The minimum atomic E-state index is -0.912. The number of carbonyl (C=O) groups is 1. The summed E-state index contributed by atoms with van der Waals surface area (Å²) in [5.41, 5.74) is -0.0837. The molecule has 0 radical (unpaired) electrons. The average molecular weight is 357 g/mol. The molecular weight excluding hydrogens is 339 g/mol. The van der Waals surface area contributed by atoms with E-state index in [9.17, 15) is 9.90 Å². The van der Waals surface area contributed by atoms with Gasteiger partial charge in [-0.05, 0) is 45.0 Å². The molecule has 2 heterocycles. The number of carbonyl (C=O) groups excluding carboxylic acids is 1. The molecule has 1 N–H and O–H groups in total. The van der Waals surface area contributed by atoms with Gasteiger partial charge in [0, 0.05) is 22.4 Å². The third-order valence-corrected chi connectivity index (χ3v) is 3.03. The van der Waals surface area contributed by atoms with Gasteiger partial charge in [-0.25, -0.2) is 9.78 Å². The van der Waals surface area contributed by atoms with Crippen LogP contribution in [0.15, 0.2) is 36.7 Å². The van der Waals surface area contributed by atoms with Crippen molar-refractivity contribution in [2.75, 3.05) is 6.61 Å². The van der Waals surface area contributed by atoms with Crippen LogP contribution in [0.5, 0.6) is 0 Å². The van der Waals surface area contributed by atoms with Crippen LogP contribution in [-0.4, -0.2) is 27.7 Å². The number of hydrogen-bond acceptors (Lipinski definition) is 5. The van der Waals surface area contributed by atoms with Crippen molar-refractivity contribution in [1.82, 2.24) is 9.97 Å². The Kier molecular flexibility index (Phi) is 7.42. The molecule has 0 amide bonds. The number of esters is 1. The van der Waals surface area contributed by atoms with E-state index in [0.29, 0.717) is 22.3 Å². The fraction of sp³-hybridized carbons (Fsp3) is 0.312. The van der Waals surface area contributed by atoms with E-state index in [1.165, 1.54) is 12.3 Å². The van der Waals surface area contributed by atoms with Gasteiger partial charge in [-0.3, -0.25) is 4.98 Å². The summed E-state index contributed by atoms with van der Waals surface area (Å²) < 4.78 is 4.72. The molecule has 0 aliphatic rings. The van der Waals surface area contributed by atoms with E-state index in [1.54, 1.807) is 45.2 Å². The van der Waals surface area contributed by atoms with Gasteiger partial charge in [0.2, 0.25) is 0 Å². The summed E-state index contributed by atoms with van der Waals surface area (Å²) in [7, 11) is 0. The molecule has 2 aromatic rings. The highest BCUT2D eigenvalue weighted by Crippen LogP contribution is 2.19. The van der Waals surface area contributed by atoms with Gasteiger partial charge in [-0.2, -0.15) is 0 Å². The zero-order valence-corrected chi connectivity index (χ0v) is 14.6. The summed E-state index contributed by atoms with van der Waals surface area (Å²) >= 11 is 11.3. The van der Waals surface area contributed by atoms with Crippen LogP contribution < -0.4 is 0 Å². The van der Waals surface area contributed by atoms with Crippen molar-refractivity contribution in [3.05, 3.63) is 58.1 Å². The molecule has 2 aromatic heterocycles. The smallest absolute Gasteiger partial charge is 0.356 e. The average Bonchev–Trinajstić information content (AvgIpc) is 2.47. The predicted molar refractivity (Wildman–Crippen MR) is 89.7 cm³/mol. The number of halogens is 2. The van der Waals surface area contributed by atoms with Crippen LogP contribution in [0.4, 0.5) is 0 Å². The Morgan fingerprint density at radius 2 is 1.74 bits per heavy atom. The van der Waals surface area contributed by atoms with Gasteiger partial charge in [0.1, 0.15) is 11.3 Å². The Hall–Kier alpha value is -1.69. The Bertz CT molecular complexity index is 658. The summed E-state index contributed by atoms with van der Waals surface area (Å²) in [6.45, 7) is 5.42. The van der Waals surface area contributed by atoms with Crippen LogP contribution in [0.25, 0.3) is 0 Å². The number of pyridine rings is 2. The normalized spacial score (nSPS) is 10.5. The lowest BCUT2D eigenvalue weighted by atomic mass is 10.1. The van der Waals surface area contributed by atoms with Crippen LogP contribution in [-0.2, 0) is 10.3 Å². The Balaban J connectivity index is 0.000000231. The first-order valence-corrected chi connectivity index (χ1v) is 7.62. The second-order valence-corrected chi connectivity index (χ2v) is 5.87. The van der Waals surface area contributed by atoms with Gasteiger partial charge in [-0.15, -0.1) is 0 Å². The fourth-order valence-corrected chi connectivity index (χ4v) is 1.78. The van der Waals surface area contributed by atoms with Crippen molar-refractivity contribution in [2.45, 2.75) is 26.4 Å². The SMILES string of the molecule is CC(C)(O)c1cc(Cl)ccn1.CCOC(=O)c1cc(Cl)ccn1. The highest BCUT2D eigenvalue weighted by molar-refractivity contribution is 6.31. The van der Waals surface area contributed by atoms with Gasteiger partial charge in [-0.1, -0.05) is 23.2 Å². The molecule has 2 rings (SSSR count). The van der Waals surface area contributed by atoms with Crippen LogP contribution >= 0.6 is 23.2 Å². The number of rotatable bonds is 3. The number of hydrogen-bond donors (Lipinski definition) is 1. The van der Waals surface area contributed by atoms with E-state index in [-0.39, 0.29) is 5.69 Å². The first kappa shape index (κ1) is 19.4. The van der Waals surface area contributed by atoms with Crippen molar-refractivity contribution in [2.24, 2.45) is 0 Å². The van der Waals surface area contributed by atoms with Gasteiger partial charge in [0.05, 0.1) is 12.3 Å². The molecule has 0 aliphatic heterocycles. The monoisotopic (exact) mass is 356 g/mol. The van der Waals surface area contributed by atoms with E-state index in [1.807, 2.05) is 0 Å². The first-order chi connectivity index (χ1) is 10.7. The topological polar surface area (TPSA) is 72.3 Å². The number of aromatic nitrogens is 2. The van der Waals surface area contributed by atoms with Crippen molar-refractivity contribution in [1.29, 1.82) is 0 Å². The maximum absolute atomic E-state index is 11.1. The van der Waals surface area contributed by atoms with E-state index in [2.05, 4.69) is 9.97 Å². The molecule has 0 unspecified atom stereocenters. The van der Waals surface area contributed by atoms with Crippen molar-refractivity contribution < 1.29 is 14.6 Å². The highest BCUT2D eigenvalue weighted by atomic mass is 35.5. The fourth-order valence-electron chi connectivity index (χ4n) is 1.46. The van der Waals surface area contributed by atoms with Crippen molar-refractivity contribution >= 4 is 29.2 Å². The molecule has 0 aliphatic carbocycles. The van der Waals surface area contributed by atoms with E-state index in [4.69, 9.17) is 27.9 Å².